The first-order valence-corrected chi connectivity index (χ1v) is 7.79. The van der Waals surface area contributed by atoms with Crippen LogP contribution in [0, 0.1) is 0 Å². The van der Waals surface area contributed by atoms with Gasteiger partial charge in [-0.3, -0.25) is 0 Å². The second-order valence-corrected chi connectivity index (χ2v) is 6.61. The molecule has 21 heavy (non-hydrogen) atoms. The Hall–Kier alpha value is -1.54. The van der Waals surface area contributed by atoms with Crippen LogP contribution in [-0.2, 0) is 5.41 Å². The smallest absolute Gasteiger partial charge is 0.119 e. The lowest BCUT2D eigenvalue weighted by Gasteiger charge is -2.19. The van der Waals surface area contributed by atoms with Crippen LogP contribution in [0.25, 0.3) is 10.8 Å². The zero-order valence-corrected chi connectivity index (χ0v) is 13.4. The maximum atomic E-state index is 8.74. The van der Waals surface area contributed by atoms with Gasteiger partial charge in [-0.2, -0.15) is 0 Å². The van der Waals surface area contributed by atoms with E-state index in [9.17, 15) is 0 Å². The van der Waals surface area contributed by atoms with Crippen molar-refractivity contribution in [2.45, 2.75) is 45.4 Å². The minimum Gasteiger partial charge on any atom is -0.494 e. The van der Waals surface area contributed by atoms with Gasteiger partial charge in [-0.1, -0.05) is 45.0 Å². The predicted molar refractivity (Wildman–Crippen MR) is 89.1 cm³/mol. The van der Waals surface area contributed by atoms with Crippen molar-refractivity contribution in [2.24, 2.45) is 0 Å². The molecule has 2 rings (SSSR count). The van der Waals surface area contributed by atoms with E-state index in [0.717, 1.165) is 25.0 Å². The molecule has 0 bridgehead atoms. The van der Waals surface area contributed by atoms with Crippen molar-refractivity contribution in [1.29, 1.82) is 0 Å². The molecule has 0 amide bonds. The molecule has 0 aliphatic rings. The van der Waals surface area contributed by atoms with Gasteiger partial charge in [-0.15, -0.1) is 0 Å². The summed E-state index contributed by atoms with van der Waals surface area (Å²) >= 11 is 0. The van der Waals surface area contributed by atoms with Gasteiger partial charge in [0.2, 0.25) is 0 Å². The van der Waals surface area contributed by atoms with E-state index >= 15 is 0 Å². The number of rotatable bonds is 6. The molecular formula is C19H26O2. The molecule has 0 radical (unpaired) electrons. The van der Waals surface area contributed by atoms with Gasteiger partial charge in [0.25, 0.3) is 0 Å². The van der Waals surface area contributed by atoms with Crippen LogP contribution in [0.3, 0.4) is 0 Å². The lowest BCUT2D eigenvalue weighted by molar-refractivity contribution is 0.266. The van der Waals surface area contributed by atoms with Crippen LogP contribution in [0.1, 0.15) is 45.6 Å². The third-order valence-electron chi connectivity index (χ3n) is 3.75. The second-order valence-electron chi connectivity index (χ2n) is 6.61. The number of hydrogen-bond donors (Lipinski definition) is 1. The zero-order chi connectivity index (χ0) is 15.3. The molecule has 0 unspecified atom stereocenters. The minimum atomic E-state index is 0.177. The highest BCUT2D eigenvalue weighted by Crippen LogP contribution is 2.28. The molecule has 0 aromatic heterocycles. The number of ether oxygens (including phenoxy) is 1. The number of aliphatic hydroxyl groups excluding tert-OH is 1. The number of hydrogen-bond acceptors (Lipinski definition) is 2. The monoisotopic (exact) mass is 286 g/mol. The van der Waals surface area contributed by atoms with Gasteiger partial charge < -0.3 is 9.84 Å². The summed E-state index contributed by atoms with van der Waals surface area (Å²) in [6.07, 6.45) is 2.86. The van der Waals surface area contributed by atoms with E-state index in [0.29, 0.717) is 6.61 Å². The summed E-state index contributed by atoms with van der Waals surface area (Å²) in [7, 11) is 0. The van der Waals surface area contributed by atoms with Crippen LogP contribution in [0.4, 0.5) is 0 Å². The molecular weight excluding hydrogens is 260 g/mol. The molecule has 2 aromatic rings. The first kappa shape index (κ1) is 15.8. The van der Waals surface area contributed by atoms with Gasteiger partial charge in [-0.25, -0.2) is 0 Å². The molecule has 114 valence electrons. The highest BCUT2D eigenvalue weighted by Gasteiger charge is 2.13. The fourth-order valence-corrected chi connectivity index (χ4v) is 2.36. The summed E-state index contributed by atoms with van der Waals surface area (Å²) in [6, 6.07) is 12.9. The summed E-state index contributed by atoms with van der Waals surface area (Å²) in [4.78, 5) is 0. The first-order chi connectivity index (χ1) is 10.0. The molecule has 0 aliphatic carbocycles. The SMILES string of the molecule is CC(C)(C)c1ccc2cc(OCCCCCO)ccc2c1. The van der Waals surface area contributed by atoms with Crippen LogP contribution in [0.15, 0.2) is 36.4 Å². The van der Waals surface area contributed by atoms with Gasteiger partial charge in [-0.05, 0) is 53.1 Å². The Morgan fingerprint density at radius 3 is 2.33 bits per heavy atom. The number of aliphatic hydroxyl groups is 1. The number of fused-ring (bicyclic) bond motifs is 1. The second kappa shape index (κ2) is 6.95. The summed E-state index contributed by atoms with van der Waals surface area (Å²) in [5.41, 5.74) is 1.53. The van der Waals surface area contributed by atoms with Gasteiger partial charge >= 0.3 is 0 Å². The lowest BCUT2D eigenvalue weighted by atomic mass is 9.86. The topological polar surface area (TPSA) is 29.5 Å². The van der Waals surface area contributed by atoms with Gasteiger partial charge in [0.1, 0.15) is 5.75 Å². The lowest BCUT2D eigenvalue weighted by Crippen LogP contribution is -2.10. The van der Waals surface area contributed by atoms with Gasteiger partial charge in [0.15, 0.2) is 0 Å². The van der Waals surface area contributed by atoms with Crippen LogP contribution < -0.4 is 4.74 Å². The molecule has 0 spiro atoms. The summed E-state index contributed by atoms with van der Waals surface area (Å²) < 4.78 is 5.78. The zero-order valence-electron chi connectivity index (χ0n) is 13.4. The molecule has 1 N–H and O–H groups in total. The normalized spacial score (nSPS) is 11.8. The molecule has 0 heterocycles. The Morgan fingerprint density at radius 1 is 0.905 bits per heavy atom. The van der Waals surface area contributed by atoms with E-state index in [-0.39, 0.29) is 12.0 Å². The Bertz CT molecular complexity index is 582. The molecule has 0 saturated heterocycles. The standard InChI is InChI=1S/C19H26O2/c1-19(2,3)17-9-7-16-14-18(10-8-15(16)13-17)21-12-6-4-5-11-20/h7-10,13-14,20H,4-6,11-12H2,1-3H3. The van der Waals surface area contributed by atoms with Gasteiger partial charge in [0.05, 0.1) is 6.61 Å². The molecule has 2 heteroatoms. The summed E-state index contributed by atoms with van der Waals surface area (Å²) in [5, 5.41) is 11.2. The largest absolute Gasteiger partial charge is 0.494 e. The molecule has 0 aliphatic heterocycles. The predicted octanol–water partition coefficient (Wildman–Crippen LogP) is 4.68. The Morgan fingerprint density at radius 2 is 1.62 bits per heavy atom. The van der Waals surface area contributed by atoms with Crippen molar-refractivity contribution in [2.75, 3.05) is 13.2 Å². The average molecular weight is 286 g/mol. The average Bonchev–Trinajstić information content (AvgIpc) is 2.45. The van der Waals surface area contributed by atoms with E-state index in [1.807, 2.05) is 6.07 Å². The van der Waals surface area contributed by atoms with E-state index in [4.69, 9.17) is 9.84 Å². The van der Waals surface area contributed by atoms with Crippen LogP contribution >= 0.6 is 0 Å². The third-order valence-corrected chi connectivity index (χ3v) is 3.75. The maximum absolute atomic E-state index is 8.74. The quantitative estimate of drug-likeness (QED) is 0.781. The van der Waals surface area contributed by atoms with Crippen molar-refractivity contribution in [1.82, 2.24) is 0 Å². The summed E-state index contributed by atoms with van der Waals surface area (Å²) in [5.74, 6) is 0.926. The van der Waals surface area contributed by atoms with Crippen molar-refractivity contribution in [3.8, 4) is 5.75 Å². The van der Waals surface area contributed by atoms with Crippen LogP contribution in [-0.4, -0.2) is 18.3 Å². The highest BCUT2D eigenvalue weighted by atomic mass is 16.5. The molecule has 0 atom stereocenters. The van der Waals surface area contributed by atoms with Crippen molar-refractivity contribution in [3.63, 3.8) is 0 Å². The van der Waals surface area contributed by atoms with E-state index in [1.165, 1.54) is 16.3 Å². The molecule has 2 nitrogen and oxygen atoms in total. The number of benzene rings is 2. The van der Waals surface area contributed by atoms with Crippen molar-refractivity contribution in [3.05, 3.63) is 42.0 Å². The number of unbranched alkanes of at least 4 members (excludes halogenated alkanes) is 2. The van der Waals surface area contributed by atoms with Crippen molar-refractivity contribution < 1.29 is 9.84 Å². The Balaban J connectivity index is 2.05. The molecule has 0 saturated carbocycles. The Kier molecular flexibility index (Phi) is 5.24. The Labute approximate surface area is 127 Å². The first-order valence-electron chi connectivity index (χ1n) is 7.79. The van der Waals surface area contributed by atoms with E-state index in [2.05, 4.69) is 51.1 Å². The van der Waals surface area contributed by atoms with Crippen molar-refractivity contribution >= 4 is 10.8 Å². The van der Waals surface area contributed by atoms with E-state index < -0.39 is 0 Å². The fraction of sp³-hybridized carbons (Fsp3) is 0.474. The van der Waals surface area contributed by atoms with Crippen LogP contribution in [0.2, 0.25) is 0 Å². The minimum absolute atomic E-state index is 0.177. The summed E-state index contributed by atoms with van der Waals surface area (Å²) in [6.45, 7) is 7.69. The molecule has 0 fully saturated rings. The fourth-order valence-electron chi connectivity index (χ4n) is 2.36. The van der Waals surface area contributed by atoms with Crippen LogP contribution in [0.5, 0.6) is 5.75 Å². The van der Waals surface area contributed by atoms with Gasteiger partial charge in [0, 0.05) is 6.61 Å². The van der Waals surface area contributed by atoms with E-state index in [1.54, 1.807) is 0 Å². The highest BCUT2D eigenvalue weighted by molar-refractivity contribution is 5.84. The molecule has 2 aromatic carbocycles. The third kappa shape index (κ3) is 4.47. The maximum Gasteiger partial charge on any atom is 0.119 e.